The second-order valence-electron chi connectivity index (χ2n) is 7.34. The minimum absolute atomic E-state index is 0.0163. The lowest BCUT2D eigenvalue weighted by molar-refractivity contribution is -0.136. The number of rotatable bonds is 3. The molecule has 0 radical (unpaired) electrons. The Hall–Kier alpha value is -2.38. The van der Waals surface area contributed by atoms with Gasteiger partial charge in [0.15, 0.2) is 0 Å². The van der Waals surface area contributed by atoms with Crippen molar-refractivity contribution in [1.82, 2.24) is 24.5 Å². The zero-order valence-electron chi connectivity index (χ0n) is 14.8. The lowest BCUT2D eigenvalue weighted by Crippen LogP contribution is -2.38. The fraction of sp³-hybridized carbons (Fsp3) is 0.647. The van der Waals surface area contributed by atoms with Crippen molar-refractivity contribution >= 4 is 17.7 Å². The summed E-state index contributed by atoms with van der Waals surface area (Å²) in [5, 5.41) is 4.26. The molecule has 8 nitrogen and oxygen atoms in total. The van der Waals surface area contributed by atoms with E-state index in [1.165, 1.54) is 0 Å². The zero-order valence-corrected chi connectivity index (χ0v) is 14.8. The molecular weight excluding hydrogens is 322 g/mol. The number of amides is 3. The first-order valence-electron chi connectivity index (χ1n) is 8.71. The predicted octanol–water partition coefficient (Wildman–Crippen LogP) is 0.0386. The van der Waals surface area contributed by atoms with Crippen molar-refractivity contribution in [2.75, 3.05) is 20.3 Å². The Morgan fingerprint density at radius 2 is 1.92 bits per heavy atom. The molecule has 0 bridgehead atoms. The van der Waals surface area contributed by atoms with Gasteiger partial charge in [0.05, 0.1) is 24.8 Å². The highest BCUT2D eigenvalue weighted by atomic mass is 16.2. The first-order valence-corrected chi connectivity index (χ1v) is 8.71. The maximum Gasteiger partial charge on any atom is 0.243 e. The molecule has 3 aliphatic rings. The van der Waals surface area contributed by atoms with Gasteiger partial charge in [0, 0.05) is 37.8 Å². The molecule has 0 N–H and O–H groups in total. The van der Waals surface area contributed by atoms with Crippen LogP contribution in [-0.4, -0.2) is 68.5 Å². The van der Waals surface area contributed by atoms with Crippen LogP contribution in [0.5, 0.6) is 0 Å². The van der Waals surface area contributed by atoms with E-state index < -0.39 is 5.92 Å². The molecule has 1 aromatic rings. The molecule has 8 heteroatoms. The van der Waals surface area contributed by atoms with E-state index in [4.69, 9.17) is 0 Å². The van der Waals surface area contributed by atoms with Crippen molar-refractivity contribution in [3.05, 3.63) is 17.5 Å². The van der Waals surface area contributed by atoms with Crippen molar-refractivity contribution in [2.45, 2.75) is 38.3 Å². The molecule has 25 heavy (non-hydrogen) atoms. The normalized spacial score (nSPS) is 26.9. The van der Waals surface area contributed by atoms with Crippen LogP contribution in [0.2, 0.25) is 0 Å². The first kappa shape index (κ1) is 16.1. The summed E-state index contributed by atoms with van der Waals surface area (Å²) in [4.78, 5) is 42.6. The second kappa shape index (κ2) is 5.57. The molecule has 3 heterocycles. The van der Waals surface area contributed by atoms with Crippen LogP contribution < -0.4 is 0 Å². The molecule has 0 aromatic carbocycles. The minimum Gasteiger partial charge on any atom is -0.338 e. The molecule has 3 amide bonds. The standard InChI is InChI=1S/C17H23N5O3/c1-10-13(7-18-20(10)3)16-12(6-14(23)19(16)2)17(25)21-8-15(24)22(9-21)11-4-5-11/h7,11-12,16H,4-6,8-9H2,1-3H3/t12-,16-/m0/s1. The molecule has 0 unspecified atom stereocenters. The molecule has 2 aliphatic heterocycles. The Balaban J connectivity index is 1.59. The second-order valence-corrected chi connectivity index (χ2v) is 7.34. The van der Waals surface area contributed by atoms with Crippen molar-refractivity contribution < 1.29 is 14.4 Å². The van der Waals surface area contributed by atoms with Crippen LogP contribution in [0.25, 0.3) is 0 Å². The molecule has 2 atom stereocenters. The van der Waals surface area contributed by atoms with Crippen LogP contribution in [-0.2, 0) is 21.4 Å². The number of aryl methyl sites for hydroxylation is 1. The highest BCUT2D eigenvalue weighted by molar-refractivity contribution is 5.94. The van der Waals surface area contributed by atoms with Gasteiger partial charge >= 0.3 is 0 Å². The van der Waals surface area contributed by atoms with Crippen molar-refractivity contribution in [2.24, 2.45) is 13.0 Å². The maximum atomic E-state index is 13.1. The van der Waals surface area contributed by atoms with Gasteiger partial charge in [-0.25, -0.2) is 0 Å². The van der Waals surface area contributed by atoms with Gasteiger partial charge < -0.3 is 14.7 Å². The van der Waals surface area contributed by atoms with Crippen LogP contribution in [0, 0.1) is 12.8 Å². The average molecular weight is 345 g/mol. The lowest BCUT2D eigenvalue weighted by Gasteiger charge is -2.27. The van der Waals surface area contributed by atoms with Crippen molar-refractivity contribution in [3.8, 4) is 0 Å². The SMILES string of the molecule is Cc1c([C@@H]2[C@@H](C(=O)N3CC(=O)N(C4CC4)C3)CC(=O)N2C)cnn1C. The van der Waals surface area contributed by atoms with Gasteiger partial charge in [0.25, 0.3) is 0 Å². The van der Waals surface area contributed by atoms with E-state index in [0.717, 1.165) is 24.1 Å². The van der Waals surface area contributed by atoms with Gasteiger partial charge in [-0.05, 0) is 19.8 Å². The zero-order chi connectivity index (χ0) is 17.9. The fourth-order valence-corrected chi connectivity index (χ4v) is 3.98. The first-order chi connectivity index (χ1) is 11.9. The quantitative estimate of drug-likeness (QED) is 0.775. The minimum atomic E-state index is -0.465. The topological polar surface area (TPSA) is 78.8 Å². The number of carbonyl (C=O) groups excluding carboxylic acids is 3. The Labute approximate surface area is 146 Å². The van der Waals surface area contributed by atoms with E-state index in [1.807, 2.05) is 14.0 Å². The number of carbonyl (C=O) groups is 3. The number of hydrogen-bond donors (Lipinski definition) is 0. The Morgan fingerprint density at radius 1 is 1.20 bits per heavy atom. The molecule has 1 aromatic heterocycles. The van der Waals surface area contributed by atoms with Crippen molar-refractivity contribution in [3.63, 3.8) is 0 Å². The number of aromatic nitrogens is 2. The molecule has 0 spiro atoms. The van der Waals surface area contributed by atoms with E-state index in [1.54, 1.807) is 32.6 Å². The number of likely N-dealkylation sites (tertiary alicyclic amines) is 1. The lowest BCUT2D eigenvalue weighted by atomic mass is 9.93. The van der Waals surface area contributed by atoms with Crippen LogP contribution in [0.1, 0.15) is 36.6 Å². The Morgan fingerprint density at radius 3 is 2.52 bits per heavy atom. The summed E-state index contributed by atoms with van der Waals surface area (Å²) >= 11 is 0. The molecule has 1 aliphatic carbocycles. The summed E-state index contributed by atoms with van der Waals surface area (Å²) in [6.45, 7) is 2.42. The predicted molar refractivity (Wildman–Crippen MR) is 88.0 cm³/mol. The van der Waals surface area contributed by atoms with E-state index in [-0.39, 0.29) is 36.7 Å². The summed E-state index contributed by atoms with van der Waals surface area (Å²) in [6.07, 6.45) is 3.97. The van der Waals surface area contributed by atoms with E-state index in [2.05, 4.69) is 5.10 Å². The molecule has 4 rings (SSSR count). The van der Waals surface area contributed by atoms with Gasteiger partial charge in [0.1, 0.15) is 6.54 Å². The van der Waals surface area contributed by atoms with Gasteiger partial charge in [0.2, 0.25) is 17.7 Å². The highest BCUT2D eigenvalue weighted by Gasteiger charge is 2.48. The molecule has 134 valence electrons. The largest absolute Gasteiger partial charge is 0.338 e. The molecular formula is C17H23N5O3. The summed E-state index contributed by atoms with van der Waals surface area (Å²) in [7, 11) is 3.58. The molecule has 1 saturated carbocycles. The third-order valence-electron chi connectivity index (χ3n) is 5.76. The van der Waals surface area contributed by atoms with Gasteiger partial charge in [-0.1, -0.05) is 0 Å². The third-order valence-corrected chi connectivity index (χ3v) is 5.76. The van der Waals surface area contributed by atoms with E-state index in [0.29, 0.717) is 12.7 Å². The van der Waals surface area contributed by atoms with Gasteiger partial charge in [-0.3, -0.25) is 19.1 Å². The van der Waals surface area contributed by atoms with Crippen molar-refractivity contribution in [1.29, 1.82) is 0 Å². The molecule has 2 saturated heterocycles. The number of nitrogens with zero attached hydrogens (tertiary/aromatic N) is 5. The summed E-state index contributed by atoms with van der Waals surface area (Å²) in [5.41, 5.74) is 1.85. The smallest absolute Gasteiger partial charge is 0.243 e. The van der Waals surface area contributed by atoms with Crippen LogP contribution in [0.3, 0.4) is 0 Å². The summed E-state index contributed by atoms with van der Waals surface area (Å²) in [6, 6.07) is -0.0201. The monoisotopic (exact) mass is 345 g/mol. The van der Waals surface area contributed by atoms with Crippen LogP contribution in [0.15, 0.2) is 6.20 Å². The number of hydrogen-bond acceptors (Lipinski definition) is 4. The third kappa shape index (κ3) is 2.51. The van der Waals surface area contributed by atoms with E-state index >= 15 is 0 Å². The Kier molecular flexibility index (Phi) is 3.59. The van der Waals surface area contributed by atoms with Gasteiger partial charge in [-0.15, -0.1) is 0 Å². The summed E-state index contributed by atoms with van der Waals surface area (Å²) < 4.78 is 1.75. The Bertz CT molecular complexity index is 753. The van der Waals surface area contributed by atoms with Crippen LogP contribution >= 0.6 is 0 Å². The molecule has 3 fully saturated rings. The average Bonchev–Trinajstić information content (AvgIpc) is 3.20. The summed E-state index contributed by atoms with van der Waals surface area (Å²) in [5.74, 6) is -0.603. The van der Waals surface area contributed by atoms with Gasteiger partial charge in [-0.2, -0.15) is 5.10 Å². The fourth-order valence-electron chi connectivity index (χ4n) is 3.98. The van der Waals surface area contributed by atoms with E-state index in [9.17, 15) is 14.4 Å². The highest BCUT2D eigenvalue weighted by Crippen LogP contribution is 2.40. The maximum absolute atomic E-state index is 13.1. The van der Waals surface area contributed by atoms with Crippen LogP contribution in [0.4, 0.5) is 0 Å².